The molecule has 3 rings (SSSR count). The highest BCUT2D eigenvalue weighted by Crippen LogP contribution is 2.25. The predicted octanol–water partition coefficient (Wildman–Crippen LogP) is 4.26. The molecule has 1 aliphatic heterocycles. The molecule has 148 valence electrons. The van der Waals surface area contributed by atoms with E-state index in [9.17, 15) is 9.59 Å². The maximum absolute atomic E-state index is 12.9. The van der Waals surface area contributed by atoms with E-state index in [4.69, 9.17) is 4.74 Å². The van der Waals surface area contributed by atoms with Gasteiger partial charge in [0, 0.05) is 13.1 Å². The maximum Gasteiger partial charge on any atom is 0.256 e. The summed E-state index contributed by atoms with van der Waals surface area (Å²) in [4.78, 5) is 27.2. The minimum absolute atomic E-state index is 0.00214. The average Bonchev–Trinajstić information content (AvgIpc) is 3.19. The summed E-state index contributed by atoms with van der Waals surface area (Å²) in [6, 6.07) is 11.5. The van der Waals surface area contributed by atoms with E-state index in [1.54, 1.807) is 6.07 Å². The summed E-state index contributed by atoms with van der Waals surface area (Å²) in [6.45, 7) is 7.74. The van der Waals surface area contributed by atoms with Crippen LogP contribution in [0.15, 0.2) is 36.4 Å². The lowest BCUT2D eigenvalue weighted by Crippen LogP contribution is -2.29. The van der Waals surface area contributed by atoms with E-state index in [-0.39, 0.29) is 18.2 Å². The first-order chi connectivity index (χ1) is 13.5. The Balaban J connectivity index is 1.64. The first-order valence-corrected chi connectivity index (χ1v) is 9.85. The largest absolute Gasteiger partial charge is 0.493 e. The van der Waals surface area contributed by atoms with Gasteiger partial charge in [-0.05, 0) is 56.4 Å². The van der Waals surface area contributed by atoms with E-state index in [0.29, 0.717) is 17.9 Å². The summed E-state index contributed by atoms with van der Waals surface area (Å²) in [5.41, 5.74) is 4.15. The smallest absolute Gasteiger partial charge is 0.256 e. The van der Waals surface area contributed by atoms with Crippen molar-refractivity contribution in [2.24, 2.45) is 0 Å². The van der Waals surface area contributed by atoms with Crippen molar-refractivity contribution in [2.75, 3.05) is 25.0 Å². The van der Waals surface area contributed by atoms with Gasteiger partial charge in [0.05, 0.1) is 24.3 Å². The molecule has 1 aliphatic rings. The van der Waals surface area contributed by atoms with Crippen LogP contribution in [0.2, 0.25) is 0 Å². The number of nitrogens with one attached hydrogen (secondary N) is 1. The van der Waals surface area contributed by atoms with Gasteiger partial charge in [-0.3, -0.25) is 9.59 Å². The number of hydrogen-bond acceptors (Lipinski definition) is 3. The van der Waals surface area contributed by atoms with Crippen LogP contribution in [-0.2, 0) is 4.79 Å². The molecule has 0 radical (unpaired) electrons. The molecule has 0 atom stereocenters. The highest BCUT2D eigenvalue weighted by molar-refractivity contribution is 6.05. The van der Waals surface area contributed by atoms with E-state index in [0.717, 1.165) is 48.4 Å². The number of anilines is 1. The zero-order valence-electron chi connectivity index (χ0n) is 16.9. The van der Waals surface area contributed by atoms with Gasteiger partial charge in [0.25, 0.3) is 5.91 Å². The van der Waals surface area contributed by atoms with Crippen LogP contribution in [0.25, 0.3) is 0 Å². The Morgan fingerprint density at radius 1 is 0.964 bits per heavy atom. The molecule has 1 N–H and O–H groups in total. The molecule has 0 bridgehead atoms. The highest BCUT2D eigenvalue weighted by Gasteiger charge is 2.24. The van der Waals surface area contributed by atoms with Gasteiger partial charge in [-0.15, -0.1) is 0 Å². The summed E-state index contributed by atoms with van der Waals surface area (Å²) in [5, 5.41) is 2.90. The normalized spacial score (nSPS) is 13.5. The molecule has 0 saturated carbocycles. The fourth-order valence-electron chi connectivity index (χ4n) is 3.62. The van der Waals surface area contributed by atoms with Gasteiger partial charge in [0.1, 0.15) is 5.75 Å². The number of carbonyl (C=O) groups is 2. The third-order valence-corrected chi connectivity index (χ3v) is 5.14. The van der Waals surface area contributed by atoms with Crippen LogP contribution in [0, 0.1) is 20.8 Å². The lowest BCUT2D eigenvalue weighted by Gasteiger charge is -2.20. The summed E-state index contributed by atoms with van der Waals surface area (Å²) in [7, 11) is 0. The monoisotopic (exact) mass is 380 g/mol. The second-order valence-corrected chi connectivity index (χ2v) is 7.36. The van der Waals surface area contributed by atoms with Crippen molar-refractivity contribution >= 4 is 17.5 Å². The third-order valence-electron chi connectivity index (χ3n) is 5.14. The van der Waals surface area contributed by atoms with Crippen LogP contribution in [0.4, 0.5) is 5.69 Å². The molecule has 0 unspecified atom stereocenters. The second-order valence-electron chi connectivity index (χ2n) is 7.36. The van der Waals surface area contributed by atoms with Gasteiger partial charge < -0.3 is 15.0 Å². The Morgan fingerprint density at radius 3 is 2.25 bits per heavy atom. The number of benzene rings is 2. The number of aryl methyl sites for hydroxylation is 3. The van der Waals surface area contributed by atoms with Gasteiger partial charge >= 0.3 is 0 Å². The van der Waals surface area contributed by atoms with E-state index in [2.05, 4.69) is 5.32 Å². The maximum atomic E-state index is 12.9. The fourth-order valence-corrected chi connectivity index (χ4v) is 3.62. The summed E-state index contributed by atoms with van der Waals surface area (Å²) >= 11 is 0. The van der Waals surface area contributed by atoms with Crippen LogP contribution in [0.1, 0.15) is 46.3 Å². The second kappa shape index (κ2) is 8.91. The van der Waals surface area contributed by atoms with Gasteiger partial charge in [-0.2, -0.15) is 0 Å². The highest BCUT2D eigenvalue weighted by atomic mass is 16.5. The first-order valence-electron chi connectivity index (χ1n) is 9.85. The number of para-hydroxylation sites is 1. The Kier molecular flexibility index (Phi) is 6.34. The van der Waals surface area contributed by atoms with E-state index in [1.807, 2.05) is 56.0 Å². The molecule has 2 aromatic carbocycles. The summed E-state index contributed by atoms with van der Waals surface area (Å²) < 4.78 is 5.82. The van der Waals surface area contributed by atoms with E-state index in [1.165, 1.54) is 0 Å². The number of nitrogens with zero attached hydrogens (tertiary/aromatic N) is 1. The molecule has 1 fully saturated rings. The third kappa shape index (κ3) is 4.53. The van der Waals surface area contributed by atoms with E-state index < -0.39 is 0 Å². The zero-order chi connectivity index (χ0) is 20.1. The van der Waals surface area contributed by atoms with Crippen molar-refractivity contribution in [1.29, 1.82) is 0 Å². The van der Waals surface area contributed by atoms with Crippen molar-refractivity contribution < 1.29 is 14.3 Å². The van der Waals surface area contributed by atoms with Crippen molar-refractivity contribution in [1.82, 2.24) is 4.90 Å². The van der Waals surface area contributed by atoms with Crippen LogP contribution >= 0.6 is 0 Å². The molecule has 1 heterocycles. The topological polar surface area (TPSA) is 58.6 Å². The Hall–Kier alpha value is -2.82. The van der Waals surface area contributed by atoms with Gasteiger partial charge in [-0.1, -0.05) is 30.3 Å². The minimum Gasteiger partial charge on any atom is -0.493 e. The standard InChI is InChI=1S/C23H28N2O3/c1-16-8-7-11-19(21(16)23(27)25-13-4-5-14-25)24-20(26)12-15-28-22-17(2)9-6-10-18(22)3/h6-11H,4-5,12-15H2,1-3H3,(H,24,26). The first kappa shape index (κ1) is 19.9. The van der Waals surface area contributed by atoms with Crippen molar-refractivity contribution in [3.63, 3.8) is 0 Å². The Labute approximate surface area is 166 Å². The summed E-state index contributed by atoms with van der Waals surface area (Å²) in [5.74, 6) is 0.667. The molecule has 0 aromatic heterocycles. The van der Waals surface area contributed by atoms with Gasteiger partial charge in [0.15, 0.2) is 0 Å². The summed E-state index contributed by atoms with van der Waals surface area (Å²) in [6.07, 6.45) is 2.29. The quantitative estimate of drug-likeness (QED) is 0.815. The van der Waals surface area contributed by atoms with Gasteiger partial charge in [0.2, 0.25) is 5.91 Å². The minimum atomic E-state index is -0.160. The molecule has 1 saturated heterocycles. The number of rotatable bonds is 6. The van der Waals surface area contributed by atoms with Crippen LogP contribution < -0.4 is 10.1 Å². The van der Waals surface area contributed by atoms with Gasteiger partial charge in [-0.25, -0.2) is 0 Å². The van der Waals surface area contributed by atoms with Crippen molar-refractivity contribution in [3.05, 3.63) is 58.7 Å². The lowest BCUT2D eigenvalue weighted by atomic mass is 10.0. The Bertz CT molecular complexity index is 850. The Morgan fingerprint density at radius 2 is 1.57 bits per heavy atom. The molecule has 2 aromatic rings. The molecule has 0 spiro atoms. The molecule has 28 heavy (non-hydrogen) atoms. The SMILES string of the molecule is Cc1cccc(C)c1OCCC(=O)Nc1cccc(C)c1C(=O)N1CCCC1. The predicted molar refractivity (Wildman–Crippen MR) is 111 cm³/mol. The fraction of sp³-hybridized carbons (Fsp3) is 0.391. The molecular weight excluding hydrogens is 352 g/mol. The molecular formula is C23H28N2O3. The van der Waals surface area contributed by atoms with Crippen molar-refractivity contribution in [2.45, 2.75) is 40.0 Å². The molecule has 5 nitrogen and oxygen atoms in total. The van der Waals surface area contributed by atoms with Crippen LogP contribution in [0.3, 0.4) is 0 Å². The number of ether oxygens (including phenoxy) is 1. The number of carbonyl (C=O) groups excluding carboxylic acids is 2. The molecule has 2 amide bonds. The van der Waals surface area contributed by atoms with E-state index >= 15 is 0 Å². The number of amides is 2. The lowest BCUT2D eigenvalue weighted by molar-refractivity contribution is -0.116. The number of likely N-dealkylation sites (tertiary alicyclic amines) is 1. The van der Waals surface area contributed by atoms with Crippen molar-refractivity contribution in [3.8, 4) is 5.75 Å². The van der Waals surface area contributed by atoms with Crippen LogP contribution in [0.5, 0.6) is 5.75 Å². The molecule has 0 aliphatic carbocycles. The zero-order valence-corrected chi connectivity index (χ0v) is 16.9. The average molecular weight is 380 g/mol. The van der Waals surface area contributed by atoms with Crippen LogP contribution in [-0.4, -0.2) is 36.4 Å². The number of hydrogen-bond donors (Lipinski definition) is 1. The molecule has 5 heteroatoms.